The summed E-state index contributed by atoms with van der Waals surface area (Å²) in [4.78, 5) is 11.1. The van der Waals surface area contributed by atoms with E-state index in [1.165, 1.54) is 0 Å². The lowest BCUT2D eigenvalue weighted by Crippen LogP contribution is -2.31. The Kier molecular flexibility index (Phi) is 1.98. The van der Waals surface area contributed by atoms with E-state index in [2.05, 4.69) is 5.10 Å². The van der Waals surface area contributed by atoms with Gasteiger partial charge >= 0.3 is 0 Å². The highest BCUT2D eigenvalue weighted by molar-refractivity contribution is 6.04. The fourth-order valence-electron chi connectivity index (χ4n) is 1.60. The lowest BCUT2D eigenvalue weighted by Gasteiger charge is -2.18. The average molecular weight is 154 g/mol. The van der Waals surface area contributed by atoms with Gasteiger partial charge in [-0.3, -0.25) is 9.80 Å². The van der Waals surface area contributed by atoms with Gasteiger partial charge in [0.2, 0.25) is 0 Å². The first-order chi connectivity index (χ1) is 5.04. The lowest BCUT2D eigenvalue weighted by atomic mass is 9.94. The minimum absolute atomic E-state index is 0.0139. The third kappa shape index (κ3) is 1.27. The van der Waals surface area contributed by atoms with Crippen molar-refractivity contribution in [3.63, 3.8) is 0 Å². The number of Topliss-reactive ketones (excluding diaryl/α,β-unsaturated/α-hetero) is 1. The maximum absolute atomic E-state index is 11.1. The summed E-state index contributed by atoms with van der Waals surface area (Å²) in [6.45, 7) is 5.55. The SMILES string of the molecule is CC(=O)C1C(C)=NN(C)C1C. The summed E-state index contributed by atoms with van der Waals surface area (Å²) in [6.07, 6.45) is 0. The minimum atomic E-state index is 0.0139. The normalized spacial score (nSPS) is 30.5. The highest BCUT2D eigenvalue weighted by Crippen LogP contribution is 2.20. The zero-order valence-corrected chi connectivity index (χ0v) is 7.46. The van der Waals surface area contributed by atoms with Gasteiger partial charge in [0.25, 0.3) is 0 Å². The molecule has 2 atom stereocenters. The van der Waals surface area contributed by atoms with E-state index in [0.29, 0.717) is 0 Å². The van der Waals surface area contributed by atoms with Crippen LogP contribution in [0.1, 0.15) is 20.8 Å². The standard InChI is InChI=1S/C8H14N2O/c1-5-8(7(3)11)6(2)10(4)9-5/h6,8H,1-4H3. The first-order valence-electron chi connectivity index (χ1n) is 3.82. The van der Waals surface area contributed by atoms with Gasteiger partial charge in [-0.1, -0.05) is 0 Å². The summed E-state index contributed by atoms with van der Waals surface area (Å²) in [5, 5.41) is 6.05. The fraction of sp³-hybridized carbons (Fsp3) is 0.750. The Balaban J connectivity index is 2.83. The molecule has 0 fully saturated rings. The van der Waals surface area contributed by atoms with Crippen molar-refractivity contribution in [2.45, 2.75) is 26.8 Å². The number of hydrazone groups is 1. The van der Waals surface area contributed by atoms with Crippen LogP contribution >= 0.6 is 0 Å². The molecule has 0 aromatic heterocycles. The molecule has 0 amide bonds. The minimum Gasteiger partial charge on any atom is -0.299 e. The van der Waals surface area contributed by atoms with Gasteiger partial charge in [-0.15, -0.1) is 0 Å². The molecule has 0 bridgehead atoms. The van der Waals surface area contributed by atoms with Crippen LogP contribution in [0.5, 0.6) is 0 Å². The molecule has 62 valence electrons. The number of rotatable bonds is 1. The Morgan fingerprint density at radius 3 is 2.36 bits per heavy atom. The molecule has 0 saturated heterocycles. The molecule has 1 rings (SSSR count). The van der Waals surface area contributed by atoms with Crippen LogP contribution in [0.25, 0.3) is 0 Å². The van der Waals surface area contributed by atoms with Gasteiger partial charge < -0.3 is 0 Å². The topological polar surface area (TPSA) is 32.7 Å². The van der Waals surface area contributed by atoms with E-state index in [1.54, 1.807) is 6.92 Å². The Bertz CT molecular complexity index is 210. The van der Waals surface area contributed by atoms with Crippen LogP contribution in [0.2, 0.25) is 0 Å². The molecule has 2 unspecified atom stereocenters. The second-order valence-corrected chi connectivity index (χ2v) is 3.14. The Morgan fingerprint density at radius 2 is 2.18 bits per heavy atom. The van der Waals surface area contributed by atoms with Crippen molar-refractivity contribution in [1.29, 1.82) is 0 Å². The van der Waals surface area contributed by atoms with Crippen LogP contribution < -0.4 is 0 Å². The number of hydrogen-bond acceptors (Lipinski definition) is 3. The molecule has 1 aliphatic rings. The molecule has 0 aromatic rings. The van der Waals surface area contributed by atoms with Gasteiger partial charge in [-0.25, -0.2) is 0 Å². The second kappa shape index (κ2) is 2.64. The zero-order valence-electron chi connectivity index (χ0n) is 7.46. The number of carbonyl (C=O) groups excluding carboxylic acids is 1. The van der Waals surface area contributed by atoms with Crippen LogP contribution in [0.15, 0.2) is 5.10 Å². The van der Waals surface area contributed by atoms with E-state index in [4.69, 9.17) is 0 Å². The van der Waals surface area contributed by atoms with Crippen molar-refractivity contribution in [3.8, 4) is 0 Å². The molecular formula is C8H14N2O. The molecule has 11 heavy (non-hydrogen) atoms. The van der Waals surface area contributed by atoms with Crippen molar-refractivity contribution >= 4 is 11.5 Å². The smallest absolute Gasteiger partial charge is 0.140 e. The van der Waals surface area contributed by atoms with Gasteiger partial charge in [0.15, 0.2) is 0 Å². The molecule has 1 aliphatic heterocycles. The van der Waals surface area contributed by atoms with Crippen LogP contribution in [0.3, 0.4) is 0 Å². The van der Waals surface area contributed by atoms with Crippen molar-refractivity contribution in [2.24, 2.45) is 11.0 Å². The quantitative estimate of drug-likeness (QED) is 0.562. The first-order valence-corrected chi connectivity index (χ1v) is 3.82. The van der Waals surface area contributed by atoms with Gasteiger partial charge in [0, 0.05) is 12.8 Å². The van der Waals surface area contributed by atoms with E-state index in [0.717, 1.165) is 5.71 Å². The van der Waals surface area contributed by atoms with Gasteiger partial charge in [-0.05, 0) is 20.8 Å². The van der Waals surface area contributed by atoms with Crippen molar-refractivity contribution in [3.05, 3.63) is 0 Å². The van der Waals surface area contributed by atoms with Crippen molar-refractivity contribution in [2.75, 3.05) is 7.05 Å². The largest absolute Gasteiger partial charge is 0.299 e. The molecule has 3 nitrogen and oxygen atoms in total. The summed E-state index contributed by atoms with van der Waals surface area (Å²) in [5.41, 5.74) is 0.938. The zero-order chi connectivity index (χ0) is 8.59. The number of carbonyl (C=O) groups is 1. The summed E-state index contributed by atoms with van der Waals surface area (Å²) in [7, 11) is 1.90. The molecular weight excluding hydrogens is 140 g/mol. The molecule has 0 saturated carbocycles. The number of hydrogen-bond donors (Lipinski definition) is 0. The lowest BCUT2D eigenvalue weighted by molar-refractivity contribution is -0.119. The summed E-state index contributed by atoms with van der Waals surface area (Å²) in [5.74, 6) is 0.225. The maximum Gasteiger partial charge on any atom is 0.140 e. The highest BCUT2D eigenvalue weighted by Gasteiger charge is 2.32. The van der Waals surface area contributed by atoms with Gasteiger partial charge in [0.1, 0.15) is 5.78 Å². The highest BCUT2D eigenvalue weighted by atomic mass is 16.1. The molecule has 0 N–H and O–H groups in total. The third-order valence-electron chi connectivity index (χ3n) is 2.28. The van der Waals surface area contributed by atoms with Crippen LogP contribution in [-0.4, -0.2) is 29.6 Å². The van der Waals surface area contributed by atoms with E-state index < -0.39 is 0 Å². The van der Waals surface area contributed by atoms with Crippen molar-refractivity contribution in [1.82, 2.24) is 5.01 Å². The van der Waals surface area contributed by atoms with E-state index in [1.807, 2.05) is 25.9 Å². The monoisotopic (exact) mass is 154 g/mol. The van der Waals surface area contributed by atoms with E-state index >= 15 is 0 Å². The Hall–Kier alpha value is -0.860. The number of nitrogens with zero attached hydrogens (tertiary/aromatic N) is 2. The Labute approximate surface area is 67.1 Å². The van der Waals surface area contributed by atoms with Crippen LogP contribution in [-0.2, 0) is 4.79 Å². The predicted molar refractivity (Wildman–Crippen MR) is 44.5 cm³/mol. The molecule has 0 radical (unpaired) electrons. The maximum atomic E-state index is 11.1. The summed E-state index contributed by atoms with van der Waals surface area (Å²) < 4.78 is 0. The summed E-state index contributed by atoms with van der Waals surface area (Å²) in [6, 6.07) is 0.229. The average Bonchev–Trinajstić information content (AvgIpc) is 2.07. The summed E-state index contributed by atoms with van der Waals surface area (Å²) >= 11 is 0. The molecule has 3 heteroatoms. The second-order valence-electron chi connectivity index (χ2n) is 3.14. The third-order valence-corrected chi connectivity index (χ3v) is 2.28. The molecule has 1 heterocycles. The predicted octanol–water partition coefficient (Wildman–Crippen LogP) is 0.901. The van der Waals surface area contributed by atoms with Crippen LogP contribution in [0.4, 0.5) is 0 Å². The molecule has 0 aliphatic carbocycles. The Morgan fingerprint density at radius 1 is 1.64 bits per heavy atom. The van der Waals surface area contributed by atoms with E-state index in [-0.39, 0.29) is 17.7 Å². The fourth-order valence-corrected chi connectivity index (χ4v) is 1.60. The van der Waals surface area contributed by atoms with Gasteiger partial charge in [0.05, 0.1) is 12.0 Å². The molecule has 0 aromatic carbocycles. The number of ketones is 1. The van der Waals surface area contributed by atoms with Gasteiger partial charge in [-0.2, -0.15) is 5.10 Å². The first kappa shape index (κ1) is 8.24. The van der Waals surface area contributed by atoms with E-state index in [9.17, 15) is 4.79 Å². The van der Waals surface area contributed by atoms with Crippen molar-refractivity contribution < 1.29 is 4.79 Å². The molecule has 0 spiro atoms. The van der Waals surface area contributed by atoms with Crippen LogP contribution in [0, 0.1) is 5.92 Å².